The fourth-order valence-corrected chi connectivity index (χ4v) is 2.63. The average molecular weight is 288 g/mol. The van der Waals surface area contributed by atoms with Crippen molar-refractivity contribution in [2.45, 2.75) is 31.1 Å². The highest BCUT2D eigenvalue weighted by Gasteiger charge is 2.21. The Morgan fingerprint density at radius 2 is 1.90 bits per heavy atom. The number of carbonyl (C=O) groups excluding carboxylic acids is 1. The van der Waals surface area contributed by atoms with Crippen molar-refractivity contribution >= 4 is 17.5 Å². The first-order valence-electron chi connectivity index (χ1n) is 6.63. The fourth-order valence-electron chi connectivity index (χ4n) is 1.83. The topological polar surface area (TPSA) is 34.9 Å². The van der Waals surface area contributed by atoms with E-state index < -0.39 is 0 Å². The minimum atomic E-state index is -0.0388. The third-order valence-corrected chi connectivity index (χ3v) is 4.06. The quantitative estimate of drug-likeness (QED) is 0.635. The summed E-state index contributed by atoms with van der Waals surface area (Å²) < 4.78 is 1.69. The van der Waals surface area contributed by atoms with Crippen LogP contribution >= 0.6 is 11.8 Å². The van der Waals surface area contributed by atoms with Gasteiger partial charge in [0.15, 0.2) is 5.78 Å². The first kappa shape index (κ1) is 14.9. The lowest BCUT2D eigenvalue weighted by Crippen LogP contribution is -2.12. The van der Waals surface area contributed by atoms with Crippen molar-refractivity contribution in [2.75, 3.05) is 5.75 Å². The van der Waals surface area contributed by atoms with Gasteiger partial charge >= 0.3 is 0 Å². The Hall–Kier alpha value is -1.55. The predicted octanol–water partition coefficient (Wildman–Crippen LogP) is 3.69. The Morgan fingerprint density at radius 3 is 2.45 bits per heavy atom. The van der Waals surface area contributed by atoms with Gasteiger partial charge < -0.3 is 0 Å². The summed E-state index contributed by atoms with van der Waals surface area (Å²) in [6, 6.07) is 11.9. The molecule has 0 bridgehead atoms. The highest BCUT2D eigenvalue weighted by molar-refractivity contribution is 8.00. The van der Waals surface area contributed by atoms with Gasteiger partial charge in [-0.3, -0.25) is 9.48 Å². The number of Topliss-reactive ketones (excluding diaryl/α,β-unsaturated/α-hetero) is 1. The van der Waals surface area contributed by atoms with E-state index >= 15 is 0 Å². The molecule has 0 saturated carbocycles. The van der Waals surface area contributed by atoms with E-state index in [1.807, 2.05) is 43.4 Å². The maximum atomic E-state index is 12.3. The molecule has 0 aliphatic heterocycles. The van der Waals surface area contributed by atoms with Gasteiger partial charge in [-0.15, -0.1) is 11.8 Å². The number of ketones is 1. The SMILES string of the molecule is Cn1nc(C(C)(C)C)cc1C(=O)CSc1ccccc1. The van der Waals surface area contributed by atoms with Crippen molar-refractivity contribution in [1.82, 2.24) is 9.78 Å². The summed E-state index contributed by atoms with van der Waals surface area (Å²) in [7, 11) is 1.83. The second kappa shape index (κ2) is 5.83. The van der Waals surface area contributed by atoms with Crippen LogP contribution in [0.15, 0.2) is 41.3 Å². The number of nitrogens with zero attached hydrogens (tertiary/aromatic N) is 2. The van der Waals surface area contributed by atoms with Crippen molar-refractivity contribution < 1.29 is 4.79 Å². The van der Waals surface area contributed by atoms with Crippen LogP contribution in [0.4, 0.5) is 0 Å². The van der Waals surface area contributed by atoms with Crippen LogP contribution in [0.5, 0.6) is 0 Å². The van der Waals surface area contributed by atoms with Gasteiger partial charge in [-0.1, -0.05) is 39.0 Å². The lowest BCUT2D eigenvalue weighted by atomic mass is 9.92. The first-order chi connectivity index (χ1) is 9.38. The molecule has 1 aromatic heterocycles. The average Bonchev–Trinajstić information content (AvgIpc) is 2.79. The maximum absolute atomic E-state index is 12.3. The van der Waals surface area contributed by atoms with Crippen LogP contribution < -0.4 is 0 Å². The summed E-state index contributed by atoms with van der Waals surface area (Å²) in [6.07, 6.45) is 0. The van der Waals surface area contributed by atoms with Crippen LogP contribution in [0, 0.1) is 0 Å². The number of hydrogen-bond acceptors (Lipinski definition) is 3. The third-order valence-electron chi connectivity index (χ3n) is 3.05. The molecule has 0 radical (unpaired) electrons. The molecule has 106 valence electrons. The van der Waals surface area contributed by atoms with Gasteiger partial charge in [0.25, 0.3) is 0 Å². The van der Waals surface area contributed by atoms with E-state index in [1.165, 1.54) is 0 Å². The van der Waals surface area contributed by atoms with Crippen LogP contribution in [0.25, 0.3) is 0 Å². The molecule has 0 saturated heterocycles. The molecule has 20 heavy (non-hydrogen) atoms. The second-order valence-electron chi connectivity index (χ2n) is 5.81. The first-order valence-corrected chi connectivity index (χ1v) is 7.62. The molecular weight excluding hydrogens is 268 g/mol. The van der Waals surface area contributed by atoms with E-state index in [0.29, 0.717) is 11.4 Å². The Bertz CT molecular complexity index is 597. The Morgan fingerprint density at radius 1 is 1.25 bits per heavy atom. The number of benzene rings is 1. The van der Waals surface area contributed by atoms with Crippen LogP contribution in [0.1, 0.15) is 37.0 Å². The maximum Gasteiger partial charge on any atom is 0.191 e. The number of aromatic nitrogens is 2. The molecular formula is C16H20N2OS. The van der Waals surface area contributed by atoms with Crippen LogP contribution in [0.3, 0.4) is 0 Å². The normalized spacial score (nSPS) is 11.6. The van der Waals surface area contributed by atoms with E-state index in [9.17, 15) is 4.79 Å². The molecule has 0 N–H and O–H groups in total. The number of hydrogen-bond donors (Lipinski definition) is 0. The lowest BCUT2D eigenvalue weighted by Gasteiger charge is -2.13. The zero-order valence-electron chi connectivity index (χ0n) is 12.4. The molecule has 1 aromatic carbocycles. The molecule has 3 nitrogen and oxygen atoms in total. The van der Waals surface area contributed by atoms with Gasteiger partial charge in [0.2, 0.25) is 0 Å². The summed E-state index contributed by atoms with van der Waals surface area (Å²) in [6.45, 7) is 6.30. The number of rotatable bonds is 4. The van der Waals surface area contributed by atoms with Crippen molar-refractivity contribution in [1.29, 1.82) is 0 Å². The minimum absolute atomic E-state index is 0.0388. The lowest BCUT2D eigenvalue weighted by molar-refractivity contribution is 0.101. The molecule has 4 heteroatoms. The molecule has 2 rings (SSSR count). The van der Waals surface area contributed by atoms with Crippen molar-refractivity contribution in [3.63, 3.8) is 0 Å². The summed E-state index contributed by atoms with van der Waals surface area (Å²) >= 11 is 1.56. The second-order valence-corrected chi connectivity index (χ2v) is 6.86. The Balaban J connectivity index is 2.08. The largest absolute Gasteiger partial charge is 0.292 e. The van der Waals surface area contributed by atoms with Crippen molar-refractivity contribution in [3.05, 3.63) is 47.8 Å². The zero-order valence-corrected chi connectivity index (χ0v) is 13.2. The van der Waals surface area contributed by atoms with E-state index in [4.69, 9.17) is 0 Å². The van der Waals surface area contributed by atoms with Gasteiger partial charge in [-0.25, -0.2) is 0 Å². The van der Waals surface area contributed by atoms with Crippen molar-refractivity contribution in [3.8, 4) is 0 Å². The van der Waals surface area contributed by atoms with Gasteiger partial charge in [-0.2, -0.15) is 5.10 Å². The van der Waals surface area contributed by atoms with Gasteiger partial charge in [0, 0.05) is 17.4 Å². The number of thioether (sulfide) groups is 1. The summed E-state index contributed by atoms with van der Waals surface area (Å²) in [5, 5.41) is 4.44. The van der Waals surface area contributed by atoms with Crippen LogP contribution in [-0.2, 0) is 12.5 Å². The molecule has 2 aromatic rings. The van der Waals surface area contributed by atoms with E-state index in [2.05, 4.69) is 25.9 Å². The summed E-state index contributed by atoms with van der Waals surface area (Å²) in [5.41, 5.74) is 1.59. The van der Waals surface area contributed by atoms with E-state index in [-0.39, 0.29) is 11.2 Å². The predicted molar refractivity (Wildman–Crippen MR) is 83.4 cm³/mol. The molecule has 0 fully saturated rings. The Kier molecular flexibility index (Phi) is 4.33. The number of aryl methyl sites for hydroxylation is 1. The molecule has 1 heterocycles. The standard InChI is InChI=1S/C16H20N2OS/c1-16(2,3)15-10-13(18(4)17-15)14(19)11-20-12-8-6-5-7-9-12/h5-10H,11H2,1-4H3. The molecule has 0 spiro atoms. The molecule has 0 unspecified atom stereocenters. The fraction of sp³-hybridized carbons (Fsp3) is 0.375. The van der Waals surface area contributed by atoms with Gasteiger partial charge in [0.1, 0.15) is 5.69 Å². The monoisotopic (exact) mass is 288 g/mol. The van der Waals surface area contributed by atoms with Gasteiger partial charge in [0.05, 0.1) is 11.4 Å². The molecule has 0 amide bonds. The highest BCUT2D eigenvalue weighted by atomic mass is 32.2. The van der Waals surface area contributed by atoms with E-state index in [1.54, 1.807) is 16.4 Å². The zero-order chi connectivity index (χ0) is 14.8. The number of carbonyl (C=O) groups is 1. The molecule has 0 aliphatic carbocycles. The van der Waals surface area contributed by atoms with Crippen LogP contribution in [0.2, 0.25) is 0 Å². The molecule has 0 aliphatic rings. The van der Waals surface area contributed by atoms with Gasteiger partial charge in [-0.05, 0) is 18.2 Å². The summed E-state index contributed by atoms with van der Waals surface area (Å²) in [4.78, 5) is 13.4. The van der Waals surface area contributed by atoms with Crippen LogP contribution in [-0.4, -0.2) is 21.3 Å². The highest BCUT2D eigenvalue weighted by Crippen LogP contribution is 2.23. The van der Waals surface area contributed by atoms with E-state index in [0.717, 1.165) is 10.6 Å². The minimum Gasteiger partial charge on any atom is -0.292 e. The Labute approximate surface area is 124 Å². The smallest absolute Gasteiger partial charge is 0.191 e. The summed E-state index contributed by atoms with van der Waals surface area (Å²) in [5.74, 6) is 0.553. The third kappa shape index (κ3) is 3.51. The molecule has 0 atom stereocenters. The van der Waals surface area contributed by atoms with Crippen molar-refractivity contribution in [2.24, 2.45) is 7.05 Å².